The SMILES string of the molecule is O=C(NCCN1C(=O)S/C(=C\c2ccc(F)cc2)C1=O)C1CCC1. The quantitative estimate of drug-likeness (QED) is 0.831. The summed E-state index contributed by atoms with van der Waals surface area (Å²) in [7, 11) is 0. The summed E-state index contributed by atoms with van der Waals surface area (Å²) in [6.45, 7) is 0.418. The second-order valence-corrected chi connectivity index (χ2v) is 6.80. The van der Waals surface area contributed by atoms with Crippen molar-refractivity contribution in [2.45, 2.75) is 19.3 Å². The molecule has 1 aromatic rings. The number of hydrogen-bond acceptors (Lipinski definition) is 4. The number of carbonyl (C=O) groups is 3. The van der Waals surface area contributed by atoms with Gasteiger partial charge in [0.2, 0.25) is 5.91 Å². The van der Waals surface area contributed by atoms with Crippen LogP contribution in [0.5, 0.6) is 0 Å². The predicted molar refractivity (Wildman–Crippen MR) is 89.4 cm³/mol. The molecule has 0 atom stereocenters. The molecule has 1 saturated heterocycles. The molecule has 0 radical (unpaired) electrons. The van der Waals surface area contributed by atoms with Crippen molar-refractivity contribution in [2.75, 3.05) is 13.1 Å². The fourth-order valence-corrected chi connectivity index (χ4v) is 3.37. The zero-order valence-corrected chi connectivity index (χ0v) is 13.8. The molecule has 1 aliphatic carbocycles. The Balaban J connectivity index is 1.57. The van der Waals surface area contributed by atoms with Crippen LogP contribution in [0.3, 0.4) is 0 Å². The van der Waals surface area contributed by atoms with Crippen LogP contribution < -0.4 is 5.32 Å². The van der Waals surface area contributed by atoms with Gasteiger partial charge in [-0.1, -0.05) is 18.6 Å². The largest absolute Gasteiger partial charge is 0.354 e. The molecule has 1 aromatic carbocycles. The minimum absolute atomic E-state index is 0.00456. The minimum atomic E-state index is -0.382. The van der Waals surface area contributed by atoms with Crippen molar-refractivity contribution in [3.63, 3.8) is 0 Å². The standard InChI is InChI=1S/C17H17FN2O3S/c18-13-6-4-11(5-7-13)10-14-16(22)20(17(23)24-14)9-8-19-15(21)12-2-1-3-12/h4-7,10,12H,1-3,8-9H2,(H,19,21)/b14-10-. The van der Waals surface area contributed by atoms with E-state index in [1.165, 1.54) is 12.1 Å². The van der Waals surface area contributed by atoms with Crippen LogP contribution in [0.15, 0.2) is 29.2 Å². The van der Waals surface area contributed by atoms with Crippen molar-refractivity contribution in [3.05, 3.63) is 40.6 Å². The van der Waals surface area contributed by atoms with E-state index in [1.807, 2.05) is 0 Å². The number of rotatable bonds is 5. The van der Waals surface area contributed by atoms with Gasteiger partial charge in [0, 0.05) is 19.0 Å². The molecular weight excluding hydrogens is 331 g/mol. The maximum atomic E-state index is 12.9. The highest BCUT2D eigenvalue weighted by molar-refractivity contribution is 8.18. The van der Waals surface area contributed by atoms with Crippen molar-refractivity contribution in [1.82, 2.24) is 10.2 Å². The maximum absolute atomic E-state index is 12.9. The molecule has 1 saturated carbocycles. The van der Waals surface area contributed by atoms with Gasteiger partial charge in [0.25, 0.3) is 11.1 Å². The normalized spacial score (nSPS) is 19.7. The topological polar surface area (TPSA) is 66.5 Å². The molecule has 1 N–H and O–H groups in total. The van der Waals surface area contributed by atoms with Crippen LogP contribution in [-0.2, 0) is 9.59 Å². The molecule has 1 heterocycles. The zero-order valence-electron chi connectivity index (χ0n) is 13.0. The molecule has 0 bridgehead atoms. The number of thioether (sulfide) groups is 1. The smallest absolute Gasteiger partial charge is 0.293 e. The predicted octanol–water partition coefficient (Wildman–Crippen LogP) is 2.78. The number of imide groups is 1. The number of halogens is 1. The first-order chi connectivity index (χ1) is 11.5. The van der Waals surface area contributed by atoms with Crippen LogP contribution in [0.2, 0.25) is 0 Å². The van der Waals surface area contributed by atoms with Gasteiger partial charge >= 0.3 is 0 Å². The summed E-state index contributed by atoms with van der Waals surface area (Å²) in [4.78, 5) is 37.4. The molecule has 3 rings (SSSR count). The second kappa shape index (κ2) is 7.17. The molecule has 0 unspecified atom stereocenters. The monoisotopic (exact) mass is 348 g/mol. The summed E-state index contributed by atoms with van der Waals surface area (Å²) >= 11 is 0.854. The molecule has 3 amide bonds. The molecular formula is C17H17FN2O3S. The van der Waals surface area contributed by atoms with Crippen molar-refractivity contribution in [1.29, 1.82) is 0 Å². The third-order valence-electron chi connectivity index (χ3n) is 4.15. The summed E-state index contributed by atoms with van der Waals surface area (Å²) in [5.74, 6) is -0.664. The van der Waals surface area contributed by atoms with Gasteiger partial charge in [0.15, 0.2) is 0 Å². The third kappa shape index (κ3) is 3.67. The zero-order chi connectivity index (χ0) is 17.1. The lowest BCUT2D eigenvalue weighted by molar-refractivity contribution is -0.128. The van der Waals surface area contributed by atoms with E-state index >= 15 is 0 Å². The molecule has 2 aliphatic rings. The van der Waals surface area contributed by atoms with Gasteiger partial charge in [-0.2, -0.15) is 0 Å². The van der Waals surface area contributed by atoms with E-state index in [-0.39, 0.29) is 41.9 Å². The van der Waals surface area contributed by atoms with Gasteiger partial charge in [-0.3, -0.25) is 19.3 Å². The number of hydrogen-bond donors (Lipinski definition) is 1. The lowest BCUT2D eigenvalue weighted by Crippen LogP contribution is -2.40. The van der Waals surface area contributed by atoms with E-state index in [2.05, 4.69) is 5.32 Å². The summed E-state index contributed by atoms with van der Waals surface area (Å²) in [5.41, 5.74) is 0.653. The van der Waals surface area contributed by atoms with Gasteiger partial charge in [-0.05, 0) is 48.4 Å². The fraction of sp³-hybridized carbons (Fsp3) is 0.353. The van der Waals surface area contributed by atoms with Crippen molar-refractivity contribution in [2.24, 2.45) is 5.92 Å². The maximum Gasteiger partial charge on any atom is 0.293 e. The first-order valence-corrected chi connectivity index (χ1v) is 8.65. The van der Waals surface area contributed by atoms with E-state index in [9.17, 15) is 18.8 Å². The average molecular weight is 348 g/mol. The molecule has 7 heteroatoms. The molecule has 1 aliphatic heterocycles. The van der Waals surface area contributed by atoms with Crippen LogP contribution in [0.1, 0.15) is 24.8 Å². The first-order valence-electron chi connectivity index (χ1n) is 7.83. The highest BCUT2D eigenvalue weighted by atomic mass is 32.2. The lowest BCUT2D eigenvalue weighted by Gasteiger charge is -2.24. The van der Waals surface area contributed by atoms with Gasteiger partial charge in [-0.15, -0.1) is 0 Å². The average Bonchev–Trinajstić information content (AvgIpc) is 2.75. The Morgan fingerprint density at radius 1 is 1.29 bits per heavy atom. The van der Waals surface area contributed by atoms with Crippen LogP contribution in [0.4, 0.5) is 9.18 Å². The lowest BCUT2D eigenvalue weighted by atomic mass is 9.85. The molecule has 24 heavy (non-hydrogen) atoms. The Hall–Kier alpha value is -2.15. The van der Waals surface area contributed by atoms with Gasteiger partial charge < -0.3 is 5.32 Å². The molecule has 0 aromatic heterocycles. The van der Waals surface area contributed by atoms with Gasteiger partial charge in [0.05, 0.1) is 4.91 Å². The number of benzene rings is 1. The fourth-order valence-electron chi connectivity index (χ4n) is 2.51. The highest BCUT2D eigenvalue weighted by Gasteiger charge is 2.35. The first kappa shape index (κ1) is 16.7. The van der Waals surface area contributed by atoms with Crippen LogP contribution >= 0.6 is 11.8 Å². The number of nitrogens with zero attached hydrogens (tertiary/aromatic N) is 1. The van der Waals surface area contributed by atoms with E-state index in [0.29, 0.717) is 10.5 Å². The van der Waals surface area contributed by atoms with Crippen molar-refractivity contribution in [3.8, 4) is 0 Å². The van der Waals surface area contributed by atoms with Crippen LogP contribution in [-0.4, -0.2) is 35.0 Å². The Labute approximate surface area is 143 Å². The minimum Gasteiger partial charge on any atom is -0.354 e. The summed E-state index contributed by atoms with van der Waals surface area (Å²) in [6.07, 6.45) is 4.47. The van der Waals surface area contributed by atoms with Crippen LogP contribution in [0, 0.1) is 11.7 Å². The van der Waals surface area contributed by atoms with Gasteiger partial charge in [0.1, 0.15) is 5.82 Å². The third-order valence-corrected chi connectivity index (χ3v) is 5.06. The Kier molecular flexibility index (Phi) is 4.99. The van der Waals surface area contributed by atoms with E-state index in [4.69, 9.17) is 0 Å². The van der Waals surface area contributed by atoms with E-state index in [1.54, 1.807) is 18.2 Å². The van der Waals surface area contributed by atoms with Crippen LogP contribution in [0.25, 0.3) is 6.08 Å². The Bertz CT molecular complexity index is 698. The molecule has 0 spiro atoms. The Morgan fingerprint density at radius 2 is 2.00 bits per heavy atom. The Morgan fingerprint density at radius 3 is 2.62 bits per heavy atom. The van der Waals surface area contributed by atoms with E-state index in [0.717, 1.165) is 35.9 Å². The number of nitrogens with one attached hydrogen (secondary N) is 1. The molecule has 2 fully saturated rings. The number of carbonyl (C=O) groups excluding carboxylic acids is 3. The summed E-state index contributed by atoms with van der Waals surface area (Å²) in [5, 5.41) is 2.41. The van der Waals surface area contributed by atoms with Crippen molar-refractivity contribution >= 4 is 34.9 Å². The van der Waals surface area contributed by atoms with Gasteiger partial charge in [-0.25, -0.2) is 4.39 Å². The summed E-state index contributed by atoms with van der Waals surface area (Å²) < 4.78 is 12.9. The van der Waals surface area contributed by atoms with Crippen molar-refractivity contribution < 1.29 is 18.8 Å². The molecule has 5 nitrogen and oxygen atoms in total. The molecule has 126 valence electrons. The highest BCUT2D eigenvalue weighted by Crippen LogP contribution is 2.32. The number of amides is 3. The second-order valence-electron chi connectivity index (χ2n) is 5.80. The summed E-state index contributed by atoms with van der Waals surface area (Å²) in [6, 6.07) is 5.68. The van der Waals surface area contributed by atoms with E-state index < -0.39 is 0 Å².